The van der Waals surface area contributed by atoms with Crippen molar-refractivity contribution in [1.82, 2.24) is 0 Å². The van der Waals surface area contributed by atoms with Crippen LogP contribution in [0.15, 0.2) is 18.2 Å². The minimum Gasteiger partial charge on any atom is -0.478 e. The first-order valence-corrected chi connectivity index (χ1v) is 5.42. The Balaban J connectivity index is 2.26. The van der Waals surface area contributed by atoms with Crippen molar-refractivity contribution in [2.45, 2.75) is 12.8 Å². The number of anilines is 2. The molecule has 3 N–H and O–H groups in total. The second-order valence-electron chi connectivity index (χ2n) is 4.41. The van der Waals surface area contributed by atoms with E-state index in [2.05, 4.69) is 0 Å². The van der Waals surface area contributed by atoms with E-state index in [0.29, 0.717) is 5.69 Å². The molecule has 2 rings (SSSR count). The quantitative estimate of drug-likeness (QED) is 0.759. The van der Waals surface area contributed by atoms with Crippen LogP contribution >= 0.6 is 0 Å². The molecule has 0 spiro atoms. The lowest BCUT2D eigenvalue weighted by Crippen LogP contribution is -2.22. The lowest BCUT2D eigenvalue weighted by Gasteiger charge is -2.21. The number of nitrogen functional groups attached to an aromatic ring is 1. The molecule has 1 aromatic carbocycles. The molecule has 0 heterocycles. The van der Waals surface area contributed by atoms with E-state index >= 15 is 0 Å². The normalized spacial score (nSPS) is 14.8. The van der Waals surface area contributed by atoms with E-state index in [-0.39, 0.29) is 5.56 Å². The molecule has 4 nitrogen and oxygen atoms in total. The van der Waals surface area contributed by atoms with Gasteiger partial charge in [-0.2, -0.15) is 0 Å². The molecule has 0 saturated heterocycles. The molecule has 0 atom stereocenters. The summed E-state index contributed by atoms with van der Waals surface area (Å²) in [5, 5.41) is 9.11. The van der Waals surface area contributed by atoms with Gasteiger partial charge in [-0.25, -0.2) is 4.79 Å². The smallest absolute Gasteiger partial charge is 0.337 e. The molecule has 1 saturated carbocycles. The third-order valence-electron chi connectivity index (χ3n) is 2.89. The summed E-state index contributed by atoms with van der Waals surface area (Å²) in [5.41, 5.74) is 7.11. The van der Waals surface area contributed by atoms with Gasteiger partial charge >= 0.3 is 5.97 Å². The first-order chi connectivity index (χ1) is 7.58. The number of aromatic carboxylic acids is 1. The van der Waals surface area contributed by atoms with Crippen molar-refractivity contribution in [2.24, 2.45) is 5.92 Å². The maximum Gasteiger partial charge on any atom is 0.337 e. The van der Waals surface area contributed by atoms with E-state index in [9.17, 15) is 4.79 Å². The number of rotatable bonds is 4. The van der Waals surface area contributed by atoms with Crippen LogP contribution in [0.25, 0.3) is 0 Å². The summed E-state index contributed by atoms with van der Waals surface area (Å²) in [4.78, 5) is 13.1. The van der Waals surface area contributed by atoms with Crippen LogP contribution in [0, 0.1) is 5.92 Å². The first-order valence-electron chi connectivity index (χ1n) is 5.42. The maximum atomic E-state index is 11.1. The van der Waals surface area contributed by atoms with Gasteiger partial charge in [-0.15, -0.1) is 0 Å². The predicted molar refractivity (Wildman–Crippen MR) is 63.8 cm³/mol. The standard InChI is InChI=1S/C12H16N2O2/c1-14(7-8-2-3-8)11-5-4-9(13)6-10(11)12(15)16/h4-6,8H,2-3,7,13H2,1H3,(H,15,16). The van der Waals surface area contributed by atoms with Crippen molar-refractivity contribution in [3.8, 4) is 0 Å². The highest BCUT2D eigenvalue weighted by Crippen LogP contribution is 2.32. The first kappa shape index (κ1) is 10.8. The second-order valence-corrected chi connectivity index (χ2v) is 4.41. The molecule has 1 fully saturated rings. The summed E-state index contributed by atoms with van der Waals surface area (Å²) in [6.07, 6.45) is 2.50. The molecule has 0 radical (unpaired) electrons. The topological polar surface area (TPSA) is 66.6 Å². The van der Waals surface area contributed by atoms with E-state index in [1.165, 1.54) is 18.9 Å². The van der Waals surface area contributed by atoms with Gasteiger partial charge in [0, 0.05) is 19.3 Å². The summed E-state index contributed by atoms with van der Waals surface area (Å²) in [5.74, 6) is -0.200. The molecule has 86 valence electrons. The van der Waals surface area contributed by atoms with Crippen LogP contribution < -0.4 is 10.6 Å². The average molecular weight is 220 g/mol. The number of hydrogen-bond donors (Lipinski definition) is 2. The summed E-state index contributed by atoms with van der Waals surface area (Å²) in [6.45, 7) is 0.921. The molecule has 0 bridgehead atoms. The van der Waals surface area contributed by atoms with Gasteiger partial charge in [0.1, 0.15) is 0 Å². The monoisotopic (exact) mass is 220 g/mol. The SMILES string of the molecule is CN(CC1CC1)c1ccc(N)cc1C(=O)O. The van der Waals surface area contributed by atoms with Gasteiger partial charge in [0.25, 0.3) is 0 Å². The maximum absolute atomic E-state index is 11.1. The number of carboxylic acid groups (broad SMARTS) is 1. The second kappa shape index (κ2) is 4.04. The minimum atomic E-state index is -0.926. The van der Waals surface area contributed by atoms with Crippen molar-refractivity contribution in [2.75, 3.05) is 24.2 Å². The van der Waals surface area contributed by atoms with Crippen molar-refractivity contribution in [1.29, 1.82) is 0 Å². The van der Waals surface area contributed by atoms with E-state index in [4.69, 9.17) is 10.8 Å². The highest BCUT2D eigenvalue weighted by molar-refractivity contribution is 5.95. The van der Waals surface area contributed by atoms with Crippen LogP contribution in [0.2, 0.25) is 0 Å². The number of nitrogens with two attached hydrogens (primary N) is 1. The fraction of sp³-hybridized carbons (Fsp3) is 0.417. The number of hydrogen-bond acceptors (Lipinski definition) is 3. The van der Waals surface area contributed by atoms with Gasteiger partial charge in [0.2, 0.25) is 0 Å². The Morgan fingerprint density at radius 3 is 2.81 bits per heavy atom. The molecule has 0 aromatic heterocycles. The minimum absolute atomic E-state index is 0.281. The van der Waals surface area contributed by atoms with Crippen molar-refractivity contribution in [3.05, 3.63) is 23.8 Å². The Hall–Kier alpha value is -1.71. The highest BCUT2D eigenvalue weighted by Gasteiger charge is 2.24. The van der Waals surface area contributed by atoms with Crippen LogP contribution in [0.1, 0.15) is 23.2 Å². The fourth-order valence-corrected chi connectivity index (χ4v) is 1.84. The van der Waals surface area contributed by atoms with E-state index < -0.39 is 5.97 Å². The zero-order valence-electron chi connectivity index (χ0n) is 9.31. The summed E-state index contributed by atoms with van der Waals surface area (Å²) < 4.78 is 0. The largest absolute Gasteiger partial charge is 0.478 e. The Morgan fingerprint density at radius 2 is 2.25 bits per heavy atom. The van der Waals surface area contributed by atoms with Gasteiger partial charge in [0.15, 0.2) is 0 Å². The average Bonchev–Trinajstić information content (AvgIpc) is 3.01. The van der Waals surface area contributed by atoms with Crippen molar-refractivity contribution < 1.29 is 9.90 Å². The molecular formula is C12H16N2O2. The Kier molecular flexibility index (Phi) is 2.73. The van der Waals surface area contributed by atoms with Crippen molar-refractivity contribution in [3.63, 3.8) is 0 Å². The lowest BCUT2D eigenvalue weighted by atomic mass is 10.1. The molecule has 1 aromatic rings. The van der Waals surface area contributed by atoms with E-state index in [1.54, 1.807) is 12.1 Å². The predicted octanol–water partition coefficient (Wildman–Crippen LogP) is 1.81. The van der Waals surface area contributed by atoms with Crippen LogP contribution in [0.4, 0.5) is 11.4 Å². The summed E-state index contributed by atoms with van der Waals surface area (Å²) in [6, 6.07) is 5.04. The third kappa shape index (κ3) is 2.27. The molecule has 16 heavy (non-hydrogen) atoms. The molecule has 0 unspecified atom stereocenters. The Morgan fingerprint density at radius 1 is 1.56 bits per heavy atom. The Bertz CT molecular complexity index is 413. The summed E-state index contributed by atoms with van der Waals surface area (Å²) >= 11 is 0. The zero-order chi connectivity index (χ0) is 11.7. The van der Waals surface area contributed by atoms with Gasteiger partial charge in [-0.05, 0) is 37.0 Å². The van der Waals surface area contributed by atoms with Crippen molar-refractivity contribution >= 4 is 17.3 Å². The van der Waals surface area contributed by atoms with Gasteiger partial charge < -0.3 is 15.7 Å². The van der Waals surface area contributed by atoms with Gasteiger partial charge in [-0.3, -0.25) is 0 Å². The van der Waals surface area contributed by atoms with Gasteiger partial charge in [-0.1, -0.05) is 0 Å². The zero-order valence-corrected chi connectivity index (χ0v) is 9.31. The van der Waals surface area contributed by atoms with Crippen LogP contribution in [-0.2, 0) is 0 Å². The van der Waals surface area contributed by atoms with E-state index in [0.717, 1.165) is 18.2 Å². The van der Waals surface area contributed by atoms with Crippen LogP contribution in [0.5, 0.6) is 0 Å². The number of carboxylic acids is 1. The third-order valence-corrected chi connectivity index (χ3v) is 2.89. The van der Waals surface area contributed by atoms with Crippen LogP contribution in [-0.4, -0.2) is 24.7 Å². The summed E-state index contributed by atoms with van der Waals surface area (Å²) in [7, 11) is 1.93. The molecule has 1 aliphatic carbocycles. The molecule has 0 aliphatic heterocycles. The Labute approximate surface area is 94.7 Å². The van der Waals surface area contributed by atoms with Crippen LogP contribution in [0.3, 0.4) is 0 Å². The fourth-order valence-electron chi connectivity index (χ4n) is 1.84. The molecule has 0 amide bonds. The number of nitrogens with zero attached hydrogens (tertiary/aromatic N) is 1. The highest BCUT2D eigenvalue weighted by atomic mass is 16.4. The number of carbonyl (C=O) groups is 1. The lowest BCUT2D eigenvalue weighted by molar-refractivity contribution is 0.0697. The number of benzene rings is 1. The molecule has 1 aliphatic rings. The van der Waals surface area contributed by atoms with Gasteiger partial charge in [0.05, 0.1) is 11.3 Å². The van der Waals surface area contributed by atoms with E-state index in [1.807, 2.05) is 11.9 Å². The molecule has 4 heteroatoms. The molecular weight excluding hydrogens is 204 g/mol.